The number of methoxy groups -OCH3 is 1. The molecule has 148 valence electrons. The predicted octanol–water partition coefficient (Wildman–Crippen LogP) is 0.959. The number of hydrogen-bond donors (Lipinski definition) is 2. The Balaban J connectivity index is 1.73. The van der Waals surface area contributed by atoms with Gasteiger partial charge in [-0.25, -0.2) is 9.37 Å². The molecule has 3 N–H and O–H groups in total. The summed E-state index contributed by atoms with van der Waals surface area (Å²) in [6.07, 6.45) is 2.43. The van der Waals surface area contributed by atoms with E-state index in [1.807, 2.05) is 0 Å². The van der Waals surface area contributed by atoms with E-state index in [0.29, 0.717) is 43.6 Å². The summed E-state index contributed by atoms with van der Waals surface area (Å²) < 4.78 is 30.7. The van der Waals surface area contributed by atoms with Crippen LogP contribution >= 0.6 is 0 Å². The SMILES string of the molecule is COCCOCCOc1ccc(Nc2ncc(F)c(N)n2)cc1-n1cnnn1. The highest BCUT2D eigenvalue weighted by atomic mass is 19.1. The number of nitrogens with zero attached hydrogens (tertiary/aromatic N) is 6. The van der Waals surface area contributed by atoms with Gasteiger partial charge in [-0.15, -0.1) is 5.10 Å². The zero-order chi connectivity index (χ0) is 19.8. The average Bonchev–Trinajstić information content (AvgIpc) is 3.23. The Morgan fingerprint density at radius 1 is 1.21 bits per heavy atom. The van der Waals surface area contributed by atoms with Crippen LogP contribution in [-0.4, -0.2) is 63.7 Å². The second-order valence-electron chi connectivity index (χ2n) is 5.44. The standard InChI is InChI=1S/C16H19FN8O3/c1-26-4-5-27-6-7-28-14-3-2-11(8-13(14)25-10-20-23-24-25)21-16-19-9-12(17)15(18)22-16/h2-3,8-10H,4-7H2,1H3,(H3,18,19,21,22). The minimum Gasteiger partial charge on any atom is -0.489 e. The Morgan fingerprint density at radius 2 is 2.07 bits per heavy atom. The lowest BCUT2D eigenvalue weighted by Crippen LogP contribution is -2.11. The Morgan fingerprint density at radius 3 is 2.82 bits per heavy atom. The van der Waals surface area contributed by atoms with E-state index in [1.165, 1.54) is 11.0 Å². The van der Waals surface area contributed by atoms with Gasteiger partial charge in [-0.2, -0.15) is 9.67 Å². The van der Waals surface area contributed by atoms with Gasteiger partial charge in [-0.05, 0) is 28.6 Å². The fourth-order valence-electron chi connectivity index (χ4n) is 2.19. The first-order valence-electron chi connectivity index (χ1n) is 8.29. The Hall–Kier alpha value is -3.38. The monoisotopic (exact) mass is 390 g/mol. The number of rotatable bonds is 10. The first kappa shape index (κ1) is 19.4. The molecule has 1 aromatic carbocycles. The molecule has 0 amide bonds. The molecular weight excluding hydrogens is 371 g/mol. The van der Waals surface area contributed by atoms with Crippen LogP contribution in [0.15, 0.2) is 30.7 Å². The summed E-state index contributed by atoms with van der Waals surface area (Å²) in [6.45, 7) is 1.75. The molecule has 0 bridgehead atoms. The lowest BCUT2D eigenvalue weighted by atomic mass is 10.2. The minimum absolute atomic E-state index is 0.154. The van der Waals surface area contributed by atoms with Gasteiger partial charge in [-0.1, -0.05) is 0 Å². The summed E-state index contributed by atoms with van der Waals surface area (Å²) in [6, 6.07) is 5.22. The van der Waals surface area contributed by atoms with Gasteiger partial charge >= 0.3 is 0 Å². The molecule has 0 aliphatic rings. The fourth-order valence-corrected chi connectivity index (χ4v) is 2.19. The summed E-state index contributed by atoms with van der Waals surface area (Å²) in [5.41, 5.74) is 6.66. The zero-order valence-electron chi connectivity index (χ0n) is 15.1. The van der Waals surface area contributed by atoms with Crippen molar-refractivity contribution in [2.24, 2.45) is 0 Å². The van der Waals surface area contributed by atoms with E-state index in [4.69, 9.17) is 19.9 Å². The van der Waals surface area contributed by atoms with E-state index >= 15 is 0 Å². The van der Waals surface area contributed by atoms with Crippen molar-refractivity contribution in [3.8, 4) is 11.4 Å². The topological polar surface area (TPSA) is 135 Å². The maximum Gasteiger partial charge on any atom is 0.229 e. The molecule has 0 unspecified atom stereocenters. The number of nitrogen functional groups attached to an aromatic ring is 1. The number of anilines is 3. The zero-order valence-corrected chi connectivity index (χ0v) is 15.1. The van der Waals surface area contributed by atoms with E-state index in [-0.39, 0.29) is 11.8 Å². The van der Waals surface area contributed by atoms with Gasteiger partial charge in [0, 0.05) is 12.8 Å². The van der Waals surface area contributed by atoms with Gasteiger partial charge in [0.1, 0.15) is 24.4 Å². The fraction of sp³-hybridized carbons (Fsp3) is 0.312. The van der Waals surface area contributed by atoms with Gasteiger partial charge in [-0.3, -0.25) is 0 Å². The summed E-state index contributed by atoms with van der Waals surface area (Å²) in [5, 5.41) is 14.1. The molecule has 11 nitrogen and oxygen atoms in total. The molecule has 0 radical (unpaired) electrons. The smallest absolute Gasteiger partial charge is 0.229 e. The van der Waals surface area contributed by atoms with Gasteiger partial charge in [0.25, 0.3) is 0 Å². The van der Waals surface area contributed by atoms with E-state index in [9.17, 15) is 4.39 Å². The van der Waals surface area contributed by atoms with Crippen molar-refractivity contribution >= 4 is 17.5 Å². The molecule has 3 rings (SSSR count). The maximum atomic E-state index is 13.2. The summed E-state index contributed by atoms with van der Waals surface area (Å²) >= 11 is 0. The first-order chi connectivity index (χ1) is 13.7. The van der Waals surface area contributed by atoms with Crippen LogP contribution in [0.2, 0.25) is 0 Å². The Kier molecular flexibility index (Phi) is 6.59. The van der Waals surface area contributed by atoms with Crippen LogP contribution < -0.4 is 15.8 Å². The average molecular weight is 390 g/mol. The quantitative estimate of drug-likeness (QED) is 0.482. The largest absolute Gasteiger partial charge is 0.489 e. The minimum atomic E-state index is -0.684. The van der Waals surface area contributed by atoms with Crippen LogP contribution in [0, 0.1) is 5.82 Å². The third kappa shape index (κ3) is 5.08. The van der Waals surface area contributed by atoms with E-state index in [0.717, 1.165) is 6.20 Å². The van der Waals surface area contributed by atoms with Crippen LogP contribution in [0.4, 0.5) is 21.8 Å². The molecular formula is C16H19FN8O3. The summed E-state index contributed by atoms with van der Waals surface area (Å²) in [7, 11) is 1.61. The highest BCUT2D eigenvalue weighted by Crippen LogP contribution is 2.27. The third-order valence-electron chi connectivity index (χ3n) is 3.50. The summed E-state index contributed by atoms with van der Waals surface area (Å²) in [4.78, 5) is 7.70. The second-order valence-corrected chi connectivity index (χ2v) is 5.44. The molecule has 2 heterocycles. The van der Waals surface area contributed by atoms with Crippen molar-refractivity contribution in [1.29, 1.82) is 0 Å². The number of nitrogens with one attached hydrogen (secondary N) is 1. The third-order valence-corrected chi connectivity index (χ3v) is 3.50. The van der Waals surface area contributed by atoms with Crippen LogP contribution in [0.25, 0.3) is 5.69 Å². The highest BCUT2D eigenvalue weighted by Gasteiger charge is 2.11. The number of hydrogen-bond acceptors (Lipinski definition) is 10. The Bertz CT molecular complexity index is 894. The van der Waals surface area contributed by atoms with Crippen molar-refractivity contribution < 1.29 is 18.6 Å². The molecule has 0 aliphatic carbocycles. The van der Waals surface area contributed by atoms with Gasteiger partial charge in [0.2, 0.25) is 5.95 Å². The number of ether oxygens (including phenoxy) is 3. The predicted molar refractivity (Wildman–Crippen MR) is 97.0 cm³/mol. The molecule has 0 saturated heterocycles. The van der Waals surface area contributed by atoms with Crippen LogP contribution in [0.5, 0.6) is 5.75 Å². The highest BCUT2D eigenvalue weighted by molar-refractivity contribution is 5.62. The molecule has 0 atom stereocenters. The number of tetrazole rings is 1. The lowest BCUT2D eigenvalue weighted by molar-refractivity contribution is 0.0544. The molecule has 0 spiro atoms. The van der Waals surface area contributed by atoms with Crippen molar-refractivity contribution in [2.45, 2.75) is 0 Å². The van der Waals surface area contributed by atoms with Crippen molar-refractivity contribution in [1.82, 2.24) is 30.2 Å². The van der Waals surface area contributed by atoms with E-state index in [2.05, 4.69) is 30.8 Å². The Labute approximate surface area is 159 Å². The number of benzene rings is 1. The van der Waals surface area contributed by atoms with Crippen molar-refractivity contribution in [2.75, 3.05) is 44.6 Å². The molecule has 0 saturated carbocycles. The van der Waals surface area contributed by atoms with Crippen molar-refractivity contribution in [3.63, 3.8) is 0 Å². The molecule has 3 aromatic rings. The van der Waals surface area contributed by atoms with Gasteiger partial charge in [0.05, 0.1) is 26.0 Å². The van der Waals surface area contributed by atoms with Crippen molar-refractivity contribution in [3.05, 3.63) is 36.5 Å². The van der Waals surface area contributed by atoms with E-state index in [1.54, 1.807) is 25.3 Å². The van der Waals surface area contributed by atoms with Gasteiger partial charge < -0.3 is 25.3 Å². The van der Waals surface area contributed by atoms with Crippen LogP contribution in [-0.2, 0) is 9.47 Å². The molecule has 0 fully saturated rings. The number of nitrogens with two attached hydrogens (primary N) is 1. The summed E-state index contributed by atoms with van der Waals surface area (Å²) in [5.74, 6) is -0.225. The first-order valence-corrected chi connectivity index (χ1v) is 8.29. The number of halogens is 1. The molecule has 0 aliphatic heterocycles. The van der Waals surface area contributed by atoms with Crippen LogP contribution in [0.3, 0.4) is 0 Å². The van der Waals surface area contributed by atoms with Gasteiger partial charge in [0.15, 0.2) is 11.6 Å². The van der Waals surface area contributed by atoms with Crippen LogP contribution in [0.1, 0.15) is 0 Å². The lowest BCUT2D eigenvalue weighted by Gasteiger charge is -2.13. The second kappa shape index (κ2) is 9.53. The normalized spacial score (nSPS) is 10.8. The molecule has 28 heavy (non-hydrogen) atoms. The molecule has 2 aromatic heterocycles. The van der Waals surface area contributed by atoms with E-state index < -0.39 is 5.82 Å². The number of aromatic nitrogens is 6. The maximum absolute atomic E-state index is 13.2. The molecule has 12 heteroatoms.